The molecule has 2 fully saturated rings. The van der Waals surface area contributed by atoms with E-state index < -0.39 is 0 Å². The highest BCUT2D eigenvalue weighted by Crippen LogP contribution is 2.38. The Morgan fingerprint density at radius 2 is 2.09 bits per heavy atom. The molecule has 184 valence electrons. The van der Waals surface area contributed by atoms with Crippen molar-refractivity contribution in [3.05, 3.63) is 51.7 Å². The number of benzene rings is 1. The number of carbonyl (C=O) groups is 1. The van der Waals surface area contributed by atoms with E-state index >= 15 is 0 Å². The highest BCUT2D eigenvalue weighted by molar-refractivity contribution is 9.10. The molecule has 5 rings (SSSR count). The molecule has 2 aliphatic rings. The summed E-state index contributed by atoms with van der Waals surface area (Å²) in [6.45, 7) is 0.335. The first kappa shape index (κ1) is 23.9. The Balaban J connectivity index is 1.46. The fourth-order valence-electron chi connectivity index (χ4n) is 5.22. The summed E-state index contributed by atoms with van der Waals surface area (Å²) in [5, 5.41) is 18.2. The van der Waals surface area contributed by atoms with Gasteiger partial charge in [-0.1, -0.05) is 11.6 Å². The number of carbonyl (C=O) groups excluding carboxylic acids is 1. The van der Waals surface area contributed by atoms with Crippen molar-refractivity contribution in [3.63, 3.8) is 0 Å². The molecule has 0 amide bonds. The highest BCUT2D eigenvalue weighted by atomic mass is 79.9. The van der Waals surface area contributed by atoms with Crippen LogP contribution in [-0.2, 0) is 9.53 Å². The molecule has 4 N–H and O–H groups in total. The maximum absolute atomic E-state index is 11.9. The Morgan fingerprint density at radius 3 is 2.77 bits per heavy atom. The molecule has 3 atom stereocenters. The molecular weight excluding hydrogens is 536 g/mol. The minimum atomic E-state index is -0.193. The number of hydrogen-bond acceptors (Lipinski definition) is 7. The van der Waals surface area contributed by atoms with Crippen molar-refractivity contribution in [3.8, 4) is 5.75 Å². The SMILES string of the molecule is COC(=O)CN1C2CC[C@H]1CC(Nc1c(C(N)=Nc3ccc(O)cc3Cl)cnn3cc(Br)cc13)C2. The quantitative estimate of drug-likeness (QED) is 0.236. The lowest BCUT2D eigenvalue weighted by atomic mass is 9.96. The zero-order valence-corrected chi connectivity index (χ0v) is 21.5. The Hall–Kier alpha value is -2.82. The first-order chi connectivity index (χ1) is 16.8. The van der Waals surface area contributed by atoms with E-state index in [1.807, 2.05) is 12.3 Å². The van der Waals surface area contributed by atoms with Gasteiger partial charge >= 0.3 is 5.97 Å². The zero-order valence-electron chi connectivity index (χ0n) is 19.1. The molecule has 2 saturated heterocycles. The topological polar surface area (TPSA) is 117 Å². The van der Waals surface area contributed by atoms with E-state index in [1.54, 1.807) is 16.8 Å². The van der Waals surface area contributed by atoms with Gasteiger partial charge in [0.1, 0.15) is 11.6 Å². The van der Waals surface area contributed by atoms with Crippen molar-refractivity contribution < 1.29 is 14.6 Å². The van der Waals surface area contributed by atoms with Crippen LogP contribution in [0.15, 0.2) is 46.1 Å². The average Bonchev–Trinajstić information content (AvgIpc) is 3.30. The molecule has 35 heavy (non-hydrogen) atoms. The second-order valence-electron chi connectivity index (χ2n) is 9.00. The van der Waals surface area contributed by atoms with Gasteiger partial charge in [-0.15, -0.1) is 0 Å². The number of nitrogens with zero attached hydrogens (tertiary/aromatic N) is 4. The molecule has 0 radical (unpaired) electrons. The monoisotopic (exact) mass is 560 g/mol. The van der Waals surface area contributed by atoms with E-state index in [1.165, 1.54) is 19.2 Å². The maximum Gasteiger partial charge on any atom is 0.319 e. The summed E-state index contributed by atoms with van der Waals surface area (Å²) in [6, 6.07) is 7.40. The van der Waals surface area contributed by atoms with Gasteiger partial charge in [0.2, 0.25) is 0 Å². The number of esters is 1. The Bertz CT molecular complexity index is 1300. The zero-order chi connectivity index (χ0) is 24.7. The highest BCUT2D eigenvalue weighted by Gasteiger charge is 2.41. The first-order valence-corrected chi connectivity index (χ1v) is 12.6. The molecule has 9 nitrogen and oxygen atoms in total. The van der Waals surface area contributed by atoms with Gasteiger partial charge in [-0.25, -0.2) is 9.51 Å². The number of phenols is 1. The minimum Gasteiger partial charge on any atom is -0.508 e. The second kappa shape index (κ2) is 9.67. The van der Waals surface area contributed by atoms with Gasteiger partial charge < -0.3 is 20.9 Å². The van der Waals surface area contributed by atoms with Gasteiger partial charge in [0, 0.05) is 34.9 Å². The second-order valence-corrected chi connectivity index (χ2v) is 10.3. The van der Waals surface area contributed by atoms with Crippen molar-refractivity contribution in [2.24, 2.45) is 10.7 Å². The molecule has 0 spiro atoms. The lowest BCUT2D eigenvalue weighted by molar-refractivity contribution is -0.143. The summed E-state index contributed by atoms with van der Waals surface area (Å²) in [4.78, 5) is 18.7. The normalized spacial score (nSPS) is 22.5. The number of piperidine rings is 1. The van der Waals surface area contributed by atoms with E-state index in [2.05, 4.69) is 36.2 Å². The summed E-state index contributed by atoms with van der Waals surface area (Å²) in [5.74, 6) is 0.129. The molecule has 2 bridgehead atoms. The first-order valence-electron chi connectivity index (χ1n) is 11.4. The number of nitrogens with one attached hydrogen (secondary N) is 1. The fraction of sp³-hybridized carbons (Fsp3) is 0.375. The molecular formula is C24H26BrClN6O3. The number of phenolic OH excluding ortho intramolecular Hbond substituents is 1. The number of nitrogens with two attached hydrogens (primary N) is 1. The number of hydrogen-bond donors (Lipinski definition) is 3. The number of fused-ring (bicyclic) bond motifs is 3. The van der Waals surface area contributed by atoms with Crippen molar-refractivity contribution in [2.45, 2.75) is 43.8 Å². The number of aliphatic imine (C=N–C) groups is 1. The van der Waals surface area contributed by atoms with Gasteiger partial charge in [-0.2, -0.15) is 5.10 Å². The number of aromatic nitrogens is 2. The average molecular weight is 562 g/mol. The van der Waals surface area contributed by atoms with Crippen LogP contribution in [0.3, 0.4) is 0 Å². The van der Waals surface area contributed by atoms with E-state index in [4.69, 9.17) is 22.1 Å². The van der Waals surface area contributed by atoms with Crippen LogP contribution in [0, 0.1) is 0 Å². The predicted molar refractivity (Wildman–Crippen MR) is 139 cm³/mol. The lowest BCUT2D eigenvalue weighted by Crippen LogP contribution is -2.49. The van der Waals surface area contributed by atoms with Crippen LogP contribution in [0.25, 0.3) is 5.52 Å². The number of aromatic hydroxyl groups is 1. The Kier molecular flexibility index (Phi) is 6.61. The predicted octanol–water partition coefficient (Wildman–Crippen LogP) is 4.07. The molecule has 3 aromatic rings. The van der Waals surface area contributed by atoms with Crippen LogP contribution in [0.2, 0.25) is 5.02 Å². The number of rotatable bonds is 6. The van der Waals surface area contributed by atoms with E-state index in [0.717, 1.165) is 41.4 Å². The molecule has 1 aromatic carbocycles. The van der Waals surface area contributed by atoms with Crippen molar-refractivity contribution in [1.29, 1.82) is 0 Å². The maximum atomic E-state index is 11.9. The molecule has 2 aliphatic heterocycles. The number of ether oxygens (including phenoxy) is 1. The Morgan fingerprint density at radius 1 is 1.34 bits per heavy atom. The van der Waals surface area contributed by atoms with E-state index in [-0.39, 0.29) is 23.6 Å². The molecule has 2 aromatic heterocycles. The smallest absolute Gasteiger partial charge is 0.319 e. The Labute approximate surface area is 216 Å². The van der Waals surface area contributed by atoms with Crippen LogP contribution >= 0.6 is 27.5 Å². The molecule has 0 saturated carbocycles. The molecule has 2 unspecified atom stereocenters. The lowest BCUT2D eigenvalue weighted by Gasteiger charge is -2.39. The van der Waals surface area contributed by atoms with Crippen LogP contribution in [0.5, 0.6) is 5.75 Å². The van der Waals surface area contributed by atoms with Crippen molar-refractivity contribution in [1.82, 2.24) is 14.5 Å². The van der Waals surface area contributed by atoms with Crippen LogP contribution < -0.4 is 11.1 Å². The summed E-state index contributed by atoms with van der Waals surface area (Å²) in [7, 11) is 1.43. The van der Waals surface area contributed by atoms with Gasteiger partial charge in [0.15, 0.2) is 0 Å². The number of anilines is 1. The summed E-state index contributed by atoms with van der Waals surface area (Å²) < 4.78 is 7.58. The fourth-order valence-corrected chi connectivity index (χ4v) is 5.84. The van der Waals surface area contributed by atoms with Crippen LogP contribution in [0.1, 0.15) is 31.2 Å². The van der Waals surface area contributed by atoms with Gasteiger partial charge in [-0.3, -0.25) is 9.69 Å². The largest absolute Gasteiger partial charge is 0.508 e. The van der Waals surface area contributed by atoms with Crippen molar-refractivity contribution >= 4 is 56.2 Å². The van der Waals surface area contributed by atoms with Gasteiger partial charge in [0.25, 0.3) is 0 Å². The van der Waals surface area contributed by atoms with Crippen LogP contribution in [-0.4, -0.2) is 63.2 Å². The standard InChI is InChI=1S/C24H26BrClN6O3/c1-35-22(34)12-31-15-2-3-16(31)8-14(7-15)29-23-18(10-28-32-11-13(25)6-21(23)32)24(27)30-20-5-4-17(33)9-19(20)26/h4-6,9-11,14-16,29,33H,2-3,7-8,12H2,1H3,(H2,27,30)/t14?,15-,16?/m0/s1. The third-order valence-electron chi connectivity index (χ3n) is 6.82. The van der Waals surface area contributed by atoms with Gasteiger partial charge in [0.05, 0.1) is 47.3 Å². The van der Waals surface area contributed by atoms with E-state index in [0.29, 0.717) is 34.9 Å². The van der Waals surface area contributed by atoms with E-state index in [9.17, 15) is 9.90 Å². The third kappa shape index (κ3) is 4.82. The molecule has 11 heteroatoms. The number of amidine groups is 1. The number of halogens is 2. The number of methoxy groups -OCH3 is 1. The minimum absolute atomic E-state index is 0.0594. The van der Waals surface area contributed by atoms with Crippen LogP contribution in [0.4, 0.5) is 11.4 Å². The van der Waals surface area contributed by atoms with Crippen molar-refractivity contribution in [2.75, 3.05) is 19.0 Å². The molecule has 0 aliphatic carbocycles. The summed E-state index contributed by atoms with van der Waals surface area (Å²) in [6.07, 6.45) is 7.53. The molecule has 4 heterocycles. The summed E-state index contributed by atoms with van der Waals surface area (Å²) in [5.41, 5.74) is 9.30. The summed E-state index contributed by atoms with van der Waals surface area (Å²) >= 11 is 9.79. The van der Waals surface area contributed by atoms with Gasteiger partial charge in [-0.05, 0) is 59.8 Å². The third-order valence-corrected chi connectivity index (χ3v) is 7.56.